The second-order valence-electron chi connectivity index (χ2n) is 4.03. The minimum atomic E-state index is -0.407. The number of thioether (sulfide) groups is 1. The van der Waals surface area contributed by atoms with E-state index < -0.39 is 5.63 Å². The summed E-state index contributed by atoms with van der Waals surface area (Å²) in [7, 11) is 0. The number of hydrogen-bond acceptors (Lipinski definition) is 5. The van der Waals surface area contributed by atoms with E-state index in [2.05, 4.69) is 0 Å². The average Bonchev–Trinajstić information content (AvgIpc) is 2.38. The molecule has 0 aliphatic rings. The second kappa shape index (κ2) is 6.43. The summed E-state index contributed by atoms with van der Waals surface area (Å²) < 4.78 is 9.98. The summed E-state index contributed by atoms with van der Waals surface area (Å²) in [5.41, 5.74) is 0.126. The lowest BCUT2D eigenvalue weighted by Crippen LogP contribution is -2.00. The molecule has 20 heavy (non-hydrogen) atoms. The lowest BCUT2D eigenvalue weighted by molar-refractivity contribution is -0.137. The smallest absolute Gasteiger partial charge is 0.337 e. The van der Waals surface area contributed by atoms with Crippen molar-refractivity contribution in [1.29, 1.82) is 0 Å². The van der Waals surface area contributed by atoms with Crippen molar-refractivity contribution in [3.63, 3.8) is 0 Å². The van der Waals surface area contributed by atoms with Crippen molar-refractivity contribution in [2.75, 3.05) is 6.61 Å². The maximum atomic E-state index is 11.5. The molecule has 1 heterocycles. The number of benzene rings is 1. The molecule has 0 radical (unpaired) electrons. The average molecular weight is 290 g/mol. The van der Waals surface area contributed by atoms with Crippen LogP contribution in [0.1, 0.15) is 13.8 Å². The molecular weight excluding hydrogens is 276 g/mol. The molecule has 0 saturated carbocycles. The van der Waals surface area contributed by atoms with Crippen molar-refractivity contribution in [3.8, 4) is 0 Å². The first-order valence-corrected chi connectivity index (χ1v) is 6.97. The zero-order valence-corrected chi connectivity index (χ0v) is 12.0. The van der Waals surface area contributed by atoms with Gasteiger partial charge in [0.25, 0.3) is 0 Å². The molecule has 0 aliphatic heterocycles. The molecule has 0 amide bonds. The van der Waals surface area contributed by atoms with Gasteiger partial charge in [0.2, 0.25) is 0 Å². The van der Waals surface area contributed by atoms with E-state index in [9.17, 15) is 9.59 Å². The number of allylic oxidation sites excluding steroid dienone is 1. The van der Waals surface area contributed by atoms with Crippen LogP contribution in [0.5, 0.6) is 0 Å². The summed E-state index contributed by atoms with van der Waals surface area (Å²) in [5, 5.41) is 0.841. The maximum absolute atomic E-state index is 11.5. The molecule has 2 rings (SSSR count). The minimum absolute atomic E-state index is 0.338. The lowest BCUT2D eigenvalue weighted by Gasteiger charge is -2.05. The van der Waals surface area contributed by atoms with Crippen LogP contribution in [0.2, 0.25) is 0 Å². The summed E-state index contributed by atoms with van der Waals surface area (Å²) in [6, 6.07) is 8.72. The van der Waals surface area contributed by atoms with E-state index >= 15 is 0 Å². The van der Waals surface area contributed by atoms with E-state index in [0.717, 1.165) is 15.2 Å². The standard InChI is InChI=1S/C15H14O4S/c1-3-18-14(16)8-10(2)20-13-9-15(17)19-12-7-5-4-6-11(12)13/h4-9H,3H2,1-2H3/b10-8-. The number of carbonyl (C=O) groups excluding carboxylic acids is 1. The number of para-hydroxylation sites is 1. The highest BCUT2D eigenvalue weighted by Crippen LogP contribution is 2.31. The van der Waals surface area contributed by atoms with Gasteiger partial charge in [-0.05, 0) is 24.8 Å². The Labute approximate surface area is 120 Å². The lowest BCUT2D eigenvalue weighted by atomic mass is 10.2. The predicted molar refractivity (Wildman–Crippen MR) is 78.7 cm³/mol. The molecule has 0 fully saturated rings. The fraction of sp³-hybridized carbons (Fsp3) is 0.200. The van der Waals surface area contributed by atoms with Gasteiger partial charge in [-0.1, -0.05) is 30.0 Å². The maximum Gasteiger partial charge on any atom is 0.337 e. The molecule has 5 heteroatoms. The molecular formula is C15H14O4S. The monoisotopic (exact) mass is 290 g/mol. The topological polar surface area (TPSA) is 56.5 Å². The number of fused-ring (bicyclic) bond motifs is 1. The first-order valence-electron chi connectivity index (χ1n) is 6.16. The third-order valence-corrected chi connectivity index (χ3v) is 3.49. The quantitative estimate of drug-likeness (QED) is 0.374. The Bertz CT molecular complexity index is 715. The predicted octanol–water partition coefficient (Wildman–Crippen LogP) is 3.35. The highest BCUT2D eigenvalue weighted by molar-refractivity contribution is 8.03. The van der Waals surface area contributed by atoms with E-state index in [1.165, 1.54) is 23.9 Å². The third kappa shape index (κ3) is 3.51. The molecule has 0 spiro atoms. The molecule has 104 valence electrons. The van der Waals surface area contributed by atoms with E-state index in [0.29, 0.717) is 12.2 Å². The molecule has 0 unspecified atom stereocenters. The summed E-state index contributed by atoms with van der Waals surface area (Å²) in [6.07, 6.45) is 1.41. The van der Waals surface area contributed by atoms with Gasteiger partial charge in [-0.25, -0.2) is 9.59 Å². The van der Waals surface area contributed by atoms with Gasteiger partial charge in [-0.2, -0.15) is 0 Å². The van der Waals surface area contributed by atoms with Crippen LogP contribution in [0.3, 0.4) is 0 Å². The Balaban J connectivity index is 2.34. The molecule has 2 aromatic rings. The van der Waals surface area contributed by atoms with Crippen LogP contribution in [-0.2, 0) is 9.53 Å². The van der Waals surface area contributed by atoms with Crippen LogP contribution in [-0.4, -0.2) is 12.6 Å². The Kier molecular flexibility index (Phi) is 4.63. The van der Waals surface area contributed by atoms with Crippen LogP contribution < -0.4 is 5.63 Å². The first kappa shape index (κ1) is 14.4. The SMILES string of the molecule is CCOC(=O)/C=C(/C)Sc1cc(=O)oc2ccccc12. The number of hydrogen-bond donors (Lipinski definition) is 0. The summed E-state index contributed by atoms with van der Waals surface area (Å²) >= 11 is 1.34. The fourth-order valence-corrected chi connectivity index (χ4v) is 2.65. The number of carbonyl (C=O) groups is 1. The molecule has 1 aromatic heterocycles. The van der Waals surface area contributed by atoms with Crippen molar-refractivity contribution < 1.29 is 13.9 Å². The van der Waals surface area contributed by atoms with Gasteiger partial charge < -0.3 is 9.15 Å². The van der Waals surface area contributed by atoms with Gasteiger partial charge in [-0.15, -0.1) is 0 Å². The molecule has 0 bridgehead atoms. The van der Waals surface area contributed by atoms with Gasteiger partial charge in [0.15, 0.2) is 0 Å². The molecule has 4 nitrogen and oxygen atoms in total. The second-order valence-corrected chi connectivity index (χ2v) is 5.32. The number of esters is 1. The van der Waals surface area contributed by atoms with Crippen LogP contribution in [0.15, 0.2) is 55.4 Å². The van der Waals surface area contributed by atoms with E-state index in [1.54, 1.807) is 26.0 Å². The zero-order valence-electron chi connectivity index (χ0n) is 11.2. The normalized spacial score (nSPS) is 11.6. The Morgan fingerprint density at radius 2 is 2.15 bits per heavy atom. The van der Waals surface area contributed by atoms with Gasteiger partial charge in [0, 0.05) is 22.4 Å². The van der Waals surface area contributed by atoms with E-state index in [1.807, 2.05) is 12.1 Å². The summed E-state index contributed by atoms with van der Waals surface area (Å²) in [5.74, 6) is -0.384. The Morgan fingerprint density at radius 3 is 2.90 bits per heavy atom. The number of ether oxygens (including phenoxy) is 1. The summed E-state index contributed by atoms with van der Waals surface area (Å²) in [4.78, 5) is 24.4. The van der Waals surface area contributed by atoms with E-state index in [4.69, 9.17) is 9.15 Å². The fourth-order valence-electron chi connectivity index (χ4n) is 1.72. The molecule has 1 aromatic carbocycles. The number of rotatable bonds is 4. The van der Waals surface area contributed by atoms with Crippen molar-refractivity contribution in [2.45, 2.75) is 18.7 Å². The van der Waals surface area contributed by atoms with Crippen molar-refractivity contribution in [2.24, 2.45) is 0 Å². The first-order chi connectivity index (χ1) is 9.60. The van der Waals surface area contributed by atoms with Crippen LogP contribution in [0.4, 0.5) is 0 Å². The van der Waals surface area contributed by atoms with Gasteiger partial charge in [0.05, 0.1) is 6.61 Å². The highest BCUT2D eigenvalue weighted by Gasteiger charge is 2.07. The molecule has 0 atom stereocenters. The van der Waals surface area contributed by atoms with Crippen molar-refractivity contribution in [1.82, 2.24) is 0 Å². The molecule has 0 N–H and O–H groups in total. The van der Waals surface area contributed by atoms with Gasteiger partial charge >= 0.3 is 11.6 Å². The minimum Gasteiger partial charge on any atom is -0.463 e. The molecule has 0 saturated heterocycles. The van der Waals surface area contributed by atoms with E-state index in [-0.39, 0.29) is 5.97 Å². The Hall–Kier alpha value is -2.01. The largest absolute Gasteiger partial charge is 0.463 e. The Morgan fingerprint density at radius 1 is 1.40 bits per heavy atom. The molecule has 0 aliphatic carbocycles. The van der Waals surface area contributed by atoms with Crippen LogP contribution >= 0.6 is 11.8 Å². The van der Waals surface area contributed by atoms with Gasteiger partial charge in [-0.3, -0.25) is 0 Å². The zero-order chi connectivity index (χ0) is 14.5. The van der Waals surface area contributed by atoms with Gasteiger partial charge in [0.1, 0.15) is 5.58 Å². The van der Waals surface area contributed by atoms with Crippen molar-refractivity contribution in [3.05, 3.63) is 51.7 Å². The van der Waals surface area contributed by atoms with Crippen molar-refractivity contribution >= 4 is 28.7 Å². The van der Waals surface area contributed by atoms with Crippen LogP contribution in [0, 0.1) is 0 Å². The summed E-state index contributed by atoms with van der Waals surface area (Å²) in [6.45, 7) is 3.89. The van der Waals surface area contributed by atoms with Crippen LogP contribution in [0.25, 0.3) is 11.0 Å². The highest BCUT2D eigenvalue weighted by atomic mass is 32.2. The third-order valence-electron chi connectivity index (χ3n) is 2.49.